The summed E-state index contributed by atoms with van der Waals surface area (Å²) in [5.74, 6) is 2.35. The maximum absolute atomic E-state index is 9.61. The fraction of sp³-hybridized carbons (Fsp3) is 0.259. The average Bonchev–Trinajstić information content (AvgIpc) is 3.67. The van der Waals surface area contributed by atoms with E-state index in [-0.39, 0.29) is 0 Å². The number of hydrogen-bond donors (Lipinski definition) is 1. The third kappa shape index (κ3) is 5.08. The molecule has 0 radical (unpaired) electrons. The molecule has 0 unspecified atom stereocenters. The van der Waals surface area contributed by atoms with Gasteiger partial charge in [-0.2, -0.15) is 15.6 Å². The van der Waals surface area contributed by atoms with E-state index < -0.39 is 0 Å². The SMILES string of the molecule is CCCCc1nc(CCc2ccccc2)nn1Cc1ccc(-n2c(C#N)ccc2-c2nn[nH]n2)cc1. The molecule has 5 aromatic rings. The Balaban J connectivity index is 1.36. The molecule has 1 N–H and O–H groups in total. The Morgan fingerprint density at radius 2 is 1.75 bits per heavy atom. The number of tetrazole rings is 1. The lowest BCUT2D eigenvalue weighted by Gasteiger charge is -2.10. The summed E-state index contributed by atoms with van der Waals surface area (Å²) in [6.07, 6.45) is 4.85. The highest BCUT2D eigenvalue weighted by Crippen LogP contribution is 2.24. The molecule has 0 saturated heterocycles. The second-order valence-electron chi connectivity index (χ2n) is 8.64. The minimum Gasteiger partial charge on any atom is -0.298 e. The molecule has 9 nitrogen and oxygen atoms in total. The summed E-state index contributed by atoms with van der Waals surface area (Å²) in [5.41, 5.74) is 4.47. The number of nitrogens with one attached hydrogen (secondary N) is 1. The molecule has 0 amide bonds. The van der Waals surface area contributed by atoms with E-state index in [0.717, 1.165) is 55.0 Å². The molecule has 0 aliphatic heterocycles. The van der Waals surface area contributed by atoms with E-state index in [1.807, 2.05) is 33.5 Å². The van der Waals surface area contributed by atoms with Crippen molar-refractivity contribution >= 4 is 0 Å². The summed E-state index contributed by atoms with van der Waals surface area (Å²) in [5, 5.41) is 28.7. The highest BCUT2D eigenvalue weighted by molar-refractivity contribution is 5.58. The highest BCUT2D eigenvalue weighted by Gasteiger charge is 2.16. The number of aromatic nitrogens is 8. The van der Waals surface area contributed by atoms with E-state index in [9.17, 15) is 5.26 Å². The van der Waals surface area contributed by atoms with Crippen LogP contribution in [-0.2, 0) is 25.8 Å². The third-order valence-electron chi connectivity index (χ3n) is 6.12. The monoisotopic (exact) mass is 477 g/mol. The first-order valence-electron chi connectivity index (χ1n) is 12.2. The van der Waals surface area contributed by atoms with Crippen molar-refractivity contribution in [1.82, 2.24) is 40.0 Å². The summed E-state index contributed by atoms with van der Waals surface area (Å²) in [4.78, 5) is 4.87. The van der Waals surface area contributed by atoms with Gasteiger partial charge in [0.25, 0.3) is 0 Å². The van der Waals surface area contributed by atoms with Crippen molar-refractivity contribution in [3.63, 3.8) is 0 Å². The molecular weight excluding hydrogens is 450 g/mol. The van der Waals surface area contributed by atoms with Gasteiger partial charge in [0.05, 0.1) is 12.2 Å². The Hall–Kier alpha value is -4.58. The van der Waals surface area contributed by atoms with E-state index in [1.165, 1.54) is 5.56 Å². The average molecular weight is 478 g/mol. The molecule has 3 heterocycles. The van der Waals surface area contributed by atoms with Gasteiger partial charge >= 0.3 is 0 Å². The van der Waals surface area contributed by atoms with E-state index in [1.54, 1.807) is 6.07 Å². The molecule has 3 aromatic heterocycles. The molecule has 0 aliphatic rings. The number of benzene rings is 2. The fourth-order valence-electron chi connectivity index (χ4n) is 4.25. The minimum absolute atomic E-state index is 0.437. The van der Waals surface area contributed by atoms with Gasteiger partial charge in [0.1, 0.15) is 17.6 Å². The summed E-state index contributed by atoms with van der Waals surface area (Å²) >= 11 is 0. The van der Waals surface area contributed by atoms with E-state index in [0.29, 0.717) is 23.8 Å². The Morgan fingerprint density at radius 1 is 0.917 bits per heavy atom. The van der Waals surface area contributed by atoms with Gasteiger partial charge in [0.15, 0.2) is 5.82 Å². The van der Waals surface area contributed by atoms with Crippen LogP contribution in [0, 0.1) is 11.3 Å². The Morgan fingerprint density at radius 3 is 2.47 bits per heavy atom. The van der Waals surface area contributed by atoms with Crippen molar-refractivity contribution in [2.24, 2.45) is 0 Å². The minimum atomic E-state index is 0.437. The molecule has 0 fully saturated rings. The summed E-state index contributed by atoms with van der Waals surface area (Å²) in [6, 6.07) is 24.4. The molecule has 180 valence electrons. The first-order valence-corrected chi connectivity index (χ1v) is 12.2. The number of H-pyrrole nitrogens is 1. The Kier molecular flexibility index (Phi) is 6.94. The second-order valence-corrected chi connectivity index (χ2v) is 8.64. The maximum atomic E-state index is 9.61. The summed E-state index contributed by atoms with van der Waals surface area (Å²) in [7, 11) is 0. The quantitative estimate of drug-likeness (QED) is 0.321. The zero-order chi connectivity index (χ0) is 24.7. The van der Waals surface area contributed by atoms with Crippen LogP contribution in [0.4, 0.5) is 0 Å². The largest absolute Gasteiger partial charge is 0.298 e. The van der Waals surface area contributed by atoms with Crippen molar-refractivity contribution in [3.05, 3.63) is 95.2 Å². The molecule has 0 spiro atoms. The fourth-order valence-corrected chi connectivity index (χ4v) is 4.25. The van der Waals surface area contributed by atoms with Gasteiger partial charge in [-0.3, -0.25) is 4.57 Å². The Bertz CT molecular complexity index is 1440. The predicted molar refractivity (Wildman–Crippen MR) is 135 cm³/mol. The van der Waals surface area contributed by atoms with Gasteiger partial charge in [0, 0.05) is 18.5 Å². The lowest BCUT2D eigenvalue weighted by molar-refractivity contribution is 0.613. The second kappa shape index (κ2) is 10.8. The molecule has 36 heavy (non-hydrogen) atoms. The third-order valence-corrected chi connectivity index (χ3v) is 6.12. The number of nitrogens with zero attached hydrogens (tertiary/aromatic N) is 8. The first-order chi connectivity index (χ1) is 17.7. The number of rotatable bonds is 10. The number of unbranched alkanes of at least 4 members (excludes halogenated alkanes) is 1. The van der Waals surface area contributed by atoms with Gasteiger partial charge in [0.2, 0.25) is 5.82 Å². The van der Waals surface area contributed by atoms with Crippen LogP contribution in [0.5, 0.6) is 0 Å². The van der Waals surface area contributed by atoms with Gasteiger partial charge in [-0.1, -0.05) is 55.8 Å². The molecule has 0 bridgehead atoms. The van der Waals surface area contributed by atoms with Gasteiger partial charge in [-0.05, 0) is 53.4 Å². The molecular formula is C27H27N9. The van der Waals surface area contributed by atoms with Crippen LogP contribution in [0.15, 0.2) is 66.7 Å². The first kappa shape index (κ1) is 23.2. The lowest BCUT2D eigenvalue weighted by Crippen LogP contribution is -2.08. The van der Waals surface area contributed by atoms with Crippen molar-refractivity contribution in [2.45, 2.75) is 45.6 Å². The molecule has 9 heteroatoms. The van der Waals surface area contributed by atoms with Crippen LogP contribution in [0.3, 0.4) is 0 Å². The van der Waals surface area contributed by atoms with Crippen LogP contribution in [-0.4, -0.2) is 40.0 Å². The van der Waals surface area contributed by atoms with Gasteiger partial charge in [-0.25, -0.2) is 9.67 Å². The lowest BCUT2D eigenvalue weighted by atomic mass is 10.1. The van der Waals surface area contributed by atoms with E-state index in [4.69, 9.17) is 10.1 Å². The van der Waals surface area contributed by atoms with Crippen LogP contribution >= 0.6 is 0 Å². The maximum Gasteiger partial charge on any atom is 0.221 e. The van der Waals surface area contributed by atoms with Crippen LogP contribution < -0.4 is 0 Å². The topological polar surface area (TPSA) is 114 Å². The summed E-state index contributed by atoms with van der Waals surface area (Å²) < 4.78 is 3.87. The number of aryl methyl sites for hydroxylation is 3. The van der Waals surface area contributed by atoms with Crippen LogP contribution in [0.25, 0.3) is 17.2 Å². The zero-order valence-electron chi connectivity index (χ0n) is 20.2. The van der Waals surface area contributed by atoms with Crippen molar-refractivity contribution in [1.29, 1.82) is 5.26 Å². The van der Waals surface area contributed by atoms with E-state index >= 15 is 0 Å². The Labute approximate surface area is 209 Å². The van der Waals surface area contributed by atoms with Crippen LogP contribution in [0.2, 0.25) is 0 Å². The van der Waals surface area contributed by atoms with Crippen molar-refractivity contribution < 1.29 is 0 Å². The number of hydrogen-bond acceptors (Lipinski definition) is 6. The van der Waals surface area contributed by atoms with Gasteiger partial charge < -0.3 is 0 Å². The van der Waals surface area contributed by atoms with Crippen molar-refractivity contribution in [2.75, 3.05) is 0 Å². The molecule has 0 atom stereocenters. The summed E-state index contributed by atoms with van der Waals surface area (Å²) in [6.45, 7) is 2.83. The van der Waals surface area contributed by atoms with Gasteiger partial charge in [-0.15, -0.1) is 10.2 Å². The van der Waals surface area contributed by atoms with Crippen molar-refractivity contribution in [3.8, 4) is 23.3 Å². The molecule has 5 rings (SSSR count). The molecule has 0 saturated carbocycles. The predicted octanol–water partition coefficient (Wildman–Crippen LogP) is 4.30. The number of aromatic amines is 1. The zero-order valence-corrected chi connectivity index (χ0v) is 20.2. The number of nitriles is 1. The highest BCUT2D eigenvalue weighted by atomic mass is 15.5. The molecule has 2 aromatic carbocycles. The molecule has 0 aliphatic carbocycles. The normalized spacial score (nSPS) is 11.0. The van der Waals surface area contributed by atoms with E-state index in [2.05, 4.69) is 70.0 Å². The smallest absolute Gasteiger partial charge is 0.221 e. The standard InChI is InChI=1S/C27H27N9/c1-2-3-9-26-29-25(17-12-20-7-5-4-6-8-20)32-35(26)19-21-10-13-22(14-11-21)36-23(18-28)15-16-24(36)27-30-33-34-31-27/h4-8,10-11,13-16H,2-3,9,12,17,19H2,1H3,(H,30,31,33,34). The van der Waals surface area contributed by atoms with Crippen LogP contribution in [0.1, 0.15) is 48.2 Å².